The fourth-order valence-electron chi connectivity index (χ4n) is 4.99. The summed E-state index contributed by atoms with van der Waals surface area (Å²) in [6, 6.07) is 14.0. The Morgan fingerprint density at radius 1 is 1.12 bits per heavy atom. The molecule has 2 heterocycles. The number of carbonyl (C=O) groups is 2. The third-order valence-corrected chi connectivity index (χ3v) is 7.18. The predicted molar refractivity (Wildman–Crippen MR) is 165 cm³/mol. The van der Waals surface area contributed by atoms with Crippen molar-refractivity contribution in [1.82, 2.24) is 25.5 Å². The van der Waals surface area contributed by atoms with Crippen molar-refractivity contribution in [2.75, 3.05) is 25.0 Å². The summed E-state index contributed by atoms with van der Waals surface area (Å²) in [6.07, 6.45) is 0.963. The molecular formula is C29H41Cl2N7O3. The minimum atomic E-state index is -0.441. The van der Waals surface area contributed by atoms with Gasteiger partial charge >= 0.3 is 0 Å². The highest BCUT2D eigenvalue weighted by molar-refractivity contribution is 5.85. The minimum Gasteiger partial charge on any atom is -0.367 e. The molecule has 3 N–H and O–H groups in total. The Hall–Kier alpha value is -3.18. The van der Waals surface area contributed by atoms with Crippen LogP contribution in [0, 0.1) is 6.92 Å². The normalized spacial score (nSPS) is 13.1. The highest BCUT2D eigenvalue weighted by Gasteiger charge is 2.29. The largest absolute Gasteiger partial charge is 0.367 e. The highest BCUT2D eigenvalue weighted by atomic mass is 35.5. The van der Waals surface area contributed by atoms with Gasteiger partial charge in [0.05, 0.1) is 19.0 Å². The van der Waals surface area contributed by atoms with Crippen molar-refractivity contribution in [3.8, 4) is 11.4 Å². The van der Waals surface area contributed by atoms with Crippen LogP contribution in [0.5, 0.6) is 0 Å². The van der Waals surface area contributed by atoms with Gasteiger partial charge in [-0.1, -0.05) is 48.5 Å². The number of hydrazine groups is 1. The molecular weight excluding hydrogens is 565 g/mol. The first-order valence-electron chi connectivity index (χ1n) is 13.5. The number of benzene rings is 2. The summed E-state index contributed by atoms with van der Waals surface area (Å²) in [5.74, 6) is 0.664. The SMILES string of the molecule is CCc1ccc(-c2noc(C)n2)cc1N(CC(CC(=O)N(C)N1Cc2ccccc2C1)NC(=O)CN)C(C)C.Cl.Cl. The van der Waals surface area contributed by atoms with E-state index in [1.807, 2.05) is 23.2 Å². The van der Waals surface area contributed by atoms with E-state index in [4.69, 9.17) is 10.3 Å². The quantitative estimate of drug-likeness (QED) is 0.338. The molecule has 0 spiro atoms. The zero-order valence-corrected chi connectivity index (χ0v) is 25.9. The Kier molecular flexibility index (Phi) is 12.6. The molecule has 0 saturated carbocycles. The molecule has 1 atom stereocenters. The van der Waals surface area contributed by atoms with Gasteiger partial charge in [0, 0.05) is 50.9 Å². The number of nitrogens with two attached hydrogens (primary N) is 1. The standard InChI is InChI=1S/C29H39N7O3.2ClH/c1-6-21-11-12-22(29-31-20(4)39-33-29)13-26(21)36(19(2)3)18-25(32-27(37)15-30)14-28(38)34(5)35-16-23-9-7-8-10-24(23)17-35;;/h7-13,19,25H,6,14-18,30H2,1-5H3,(H,32,37);2*1H. The van der Waals surface area contributed by atoms with Crippen molar-refractivity contribution in [3.63, 3.8) is 0 Å². The molecule has 0 fully saturated rings. The summed E-state index contributed by atoms with van der Waals surface area (Å²) in [5.41, 5.74) is 11.1. The summed E-state index contributed by atoms with van der Waals surface area (Å²) in [4.78, 5) is 32.5. The van der Waals surface area contributed by atoms with E-state index < -0.39 is 6.04 Å². The number of aromatic nitrogens is 2. The van der Waals surface area contributed by atoms with Crippen LogP contribution in [0.1, 0.15) is 49.8 Å². The molecule has 2 aromatic carbocycles. The first-order chi connectivity index (χ1) is 18.7. The first-order valence-corrected chi connectivity index (χ1v) is 13.5. The Morgan fingerprint density at radius 2 is 1.78 bits per heavy atom. The highest BCUT2D eigenvalue weighted by Crippen LogP contribution is 2.30. The zero-order valence-electron chi connectivity index (χ0n) is 24.3. The van der Waals surface area contributed by atoms with Gasteiger partial charge in [0.2, 0.25) is 23.5 Å². The number of anilines is 1. The molecule has 1 unspecified atom stereocenters. The summed E-state index contributed by atoms with van der Waals surface area (Å²) in [7, 11) is 1.79. The molecule has 224 valence electrons. The molecule has 41 heavy (non-hydrogen) atoms. The third-order valence-electron chi connectivity index (χ3n) is 7.18. The van der Waals surface area contributed by atoms with Gasteiger partial charge in [-0.05, 0) is 43.0 Å². The molecule has 1 aromatic heterocycles. The molecule has 4 rings (SSSR count). The van der Waals surface area contributed by atoms with Crippen molar-refractivity contribution in [2.45, 2.75) is 65.7 Å². The number of aryl methyl sites for hydroxylation is 2. The smallest absolute Gasteiger partial charge is 0.238 e. The number of hydrogen-bond donors (Lipinski definition) is 2. The maximum absolute atomic E-state index is 13.5. The number of fused-ring (bicyclic) bond motifs is 1. The lowest BCUT2D eigenvalue weighted by Crippen LogP contribution is -2.51. The lowest BCUT2D eigenvalue weighted by atomic mass is 10.0. The topological polar surface area (TPSA) is 121 Å². The van der Waals surface area contributed by atoms with Gasteiger partial charge in [-0.25, -0.2) is 5.01 Å². The molecule has 1 aliphatic rings. The van der Waals surface area contributed by atoms with Crippen LogP contribution < -0.4 is 16.0 Å². The fourth-order valence-corrected chi connectivity index (χ4v) is 4.99. The molecule has 1 aliphatic heterocycles. The van der Waals surface area contributed by atoms with Gasteiger partial charge in [-0.3, -0.25) is 14.6 Å². The molecule has 12 heteroatoms. The van der Waals surface area contributed by atoms with Crippen LogP contribution >= 0.6 is 24.8 Å². The van der Waals surface area contributed by atoms with Crippen LogP contribution in [0.15, 0.2) is 47.0 Å². The van der Waals surface area contributed by atoms with E-state index in [1.165, 1.54) is 11.1 Å². The van der Waals surface area contributed by atoms with E-state index >= 15 is 0 Å². The average Bonchev–Trinajstić information content (AvgIpc) is 3.56. The predicted octanol–water partition coefficient (Wildman–Crippen LogP) is 3.89. The first kappa shape index (κ1) is 34.0. The van der Waals surface area contributed by atoms with Gasteiger partial charge in [0.25, 0.3) is 0 Å². The Morgan fingerprint density at radius 3 is 2.32 bits per heavy atom. The second kappa shape index (κ2) is 15.2. The molecule has 10 nitrogen and oxygen atoms in total. The van der Waals surface area contributed by atoms with Crippen LogP contribution in [-0.2, 0) is 29.1 Å². The maximum Gasteiger partial charge on any atom is 0.238 e. The maximum atomic E-state index is 13.5. The molecule has 0 aliphatic carbocycles. The van der Waals surface area contributed by atoms with E-state index in [-0.39, 0.29) is 55.6 Å². The second-order valence-electron chi connectivity index (χ2n) is 10.3. The van der Waals surface area contributed by atoms with E-state index in [9.17, 15) is 9.59 Å². The summed E-state index contributed by atoms with van der Waals surface area (Å²) in [6.45, 7) is 9.72. The van der Waals surface area contributed by atoms with Gasteiger partial charge < -0.3 is 20.5 Å². The fraction of sp³-hybridized carbons (Fsp3) is 0.448. The van der Waals surface area contributed by atoms with Crippen LogP contribution in [0.25, 0.3) is 11.4 Å². The number of rotatable bonds is 11. The van der Waals surface area contributed by atoms with Crippen molar-refractivity contribution in [2.24, 2.45) is 5.73 Å². The number of amides is 2. The van der Waals surface area contributed by atoms with Gasteiger partial charge in [0.1, 0.15) is 0 Å². The van der Waals surface area contributed by atoms with E-state index in [2.05, 4.69) is 65.4 Å². The number of nitrogens with zero attached hydrogens (tertiary/aromatic N) is 5. The molecule has 2 amide bonds. The van der Waals surface area contributed by atoms with E-state index in [0.29, 0.717) is 31.3 Å². The van der Waals surface area contributed by atoms with Crippen molar-refractivity contribution >= 4 is 42.3 Å². The van der Waals surface area contributed by atoms with Gasteiger partial charge in [-0.15, -0.1) is 24.8 Å². The van der Waals surface area contributed by atoms with Crippen molar-refractivity contribution in [3.05, 3.63) is 65.0 Å². The zero-order chi connectivity index (χ0) is 28.1. The molecule has 0 saturated heterocycles. The third kappa shape index (κ3) is 8.19. The van der Waals surface area contributed by atoms with E-state index in [0.717, 1.165) is 23.2 Å². The number of halogens is 2. The van der Waals surface area contributed by atoms with Crippen LogP contribution in [0.2, 0.25) is 0 Å². The van der Waals surface area contributed by atoms with Crippen LogP contribution in [0.3, 0.4) is 0 Å². The number of carbonyl (C=O) groups excluding carboxylic acids is 2. The van der Waals surface area contributed by atoms with Crippen molar-refractivity contribution < 1.29 is 14.1 Å². The van der Waals surface area contributed by atoms with Crippen LogP contribution in [-0.4, -0.2) is 64.2 Å². The number of nitrogens with one attached hydrogen (secondary N) is 1. The van der Waals surface area contributed by atoms with E-state index in [1.54, 1.807) is 19.0 Å². The van der Waals surface area contributed by atoms with Gasteiger partial charge in [0.15, 0.2) is 0 Å². The Balaban J connectivity index is 0.00000294. The van der Waals surface area contributed by atoms with Gasteiger partial charge in [-0.2, -0.15) is 4.98 Å². The molecule has 0 radical (unpaired) electrons. The average molecular weight is 607 g/mol. The molecule has 3 aromatic rings. The van der Waals surface area contributed by atoms with Crippen molar-refractivity contribution in [1.29, 1.82) is 0 Å². The minimum absolute atomic E-state index is 0. The summed E-state index contributed by atoms with van der Waals surface area (Å²) < 4.78 is 5.19. The summed E-state index contributed by atoms with van der Waals surface area (Å²) in [5, 5.41) is 10.8. The lowest BCUT2D eigenvalue weighted by molar-refractivity contribution is -0.147. The Labute approximate surface area is 254 Å². The second-order valence-corrected chi connectivity index (χ2v) is 10.3. The van der Waals surface area contributed by atoms with Crippen LogP contribution in [0.4, 0.5) is 5.69 Å². The molecule has 0 bridgehead atoms. The summed E-state index contributed by atoms with van der Waals surface area (Å²) >= 11 is 0. The Bertz CT molecular complexity index is 1290. The number of hydrogen-bond acceptors (Lipinski definition) is 8. The monoisotopic (exact) mass is 605 g/mol. The lowest BCUT2D eigenvalue weighted by Gasteiger charge is -2.36.